The third kappa shape index (κ3) is 4.69. The molecule has 0 saturated carbocycles. The average Bonchev–Trinajstić information content (AvgIpc) is 2.73. The molecule has 0 atom stereocenters. The molecule has 1 spiro atoms. The molecule has 2 aromatic rings. The molecule has 2 saturated heterocycles. The van der Waals surface area contributed by atoms with Crippen molar-refractivity contribution in [2.24, 2.45) is 5.41 Å². The molecule has 4 rings (SSSR count). The van der Waals surface area contributed by atoms with Crippen molar-refractivity contribution in [1.29, 1.82) is 0 Å². The molecule has 0 N–H and O–H groups in total. The van der Waals surface area contributed by atoms with Crippen molar-refractivity contribution in [2.75, 3.05) is 33.3 Å². The van der Waals surface area contributed by atoms with E-state index in [0.29, 0.717) is 5.41 Å². The highest BCUT2D eigenvalue weighted by molar-refractivity contribution is 5.28. The number of likely N-dealkylation sites (tertiary alicyclic amines) is 2. The van der Waals surface area contributed by atoms with Gasteiger partial charge in [-0.25, -0.2) is 0 Å². The molecule has 4 nitrogen and oxygen atoms in total. The average molecular weight is 366 g/mol. The highest BCUT2D eigenvalue weighted by Gasteiger charge is 2.37. The predicted molar refractivity (Wildman–Crippen MR) is 109 cm³/mol. The molecule has 1 aromatic heterocycles. The van der Waals surface area contributed by atoms with Gasteiger partial charge in [-0.15, -0.1) is 0 Å². The van der Waals surface area contributed by atoms with Crippen molar-refractivity contribution < 1.29 is 4.74 Å². The molecule has 1 aromatic carbocycles. The first-order valence-electron chi connectivity index (χ1n) is 10.2. The van der Waals surface area contributed by atoms with Gasteiger partial charge in [0.1, 0.15) is 5.75 Å². The molecule has 2 aliphatic rings. The molecule has 4 heteroatoms. The summed E-state index contributed by atoms with van der Waals surface area (Å²) in [7, 11) is 1.74. The Bertz CT molecular complexity index is 715. The Kier molecular flexibility index (Phi) is 5.74. The molecule has 2 aliphatic heterocycles. The van der Waals surface area contributed by atoms with E-state index >= 15 is 0 Å². The fraction of sp³-hybridized carbons (Fsp3) is 0.522. The summed E-state index contributed by atoms with van der Waals surface area (Å²) in [4.78, 5) is 9.67. The van der Waals surface area contributed by atoms with Gasteiger partial charge in [0.05, 0.1) is 12.8 Å². The Morgan fingerprint density at radius 3 is 2.22 bits per heavy atom. The molecule has 2 fully saturated rings. The van der Waals surface area contributed by atoms with Gasteiger partial charge in [-0.1, -0.05) is 18.2 Å². The summed E-state index contributed by atoms with van der Waals surface area (Å²) in [5, 5.41) is 0. The van der Waals surface area contributed by atoms with Crippen LogP contribution in [0.25, 0.3) is 0 Å². The normalized spacial score (nSPS) is 20.6. The molecule has 0 aliphatic carbocycles. The molecule has 0 bridgehead atoms. The van der Waals surface area contributed by atoms with Crippen LogP contribution in [-0.4, -0.2) is 48.1 Å². The Morgan fingerprint density at radius 1 is 0.889 bits per heavy atom. The number of hydrogen-bond acceptors (Lipinski definition) is 4. The minimum atomic E-state index is 0.575. The van der Waals surface area contributed by atoms with E-state index in [9.17, 15) is 0 Å². The van der Waals surface area contributed by atoms with Gasteiger partial charge in [0.15, 0.2) is 0 Å². The van der Waals surface area contributed by atoms with Crippen molar-refractivity contribution in [3.63, 3.8) is 0 Å². The lowest BCUT2D eigenvalue weighted by molar-refractivity contribution is 0.0296. The molecular weight excluding hydrogens is 334 g/mol. The number of rotatable bonds is 5. The van der Waals surface area contributed by atoms with Crippen LogP contribution in [0.3, 0.4) is 0 Å². The maximum atomic E-state index is 5.36. The second-order valence-electron chi connectivity index (χ2n) is 8.22. The summed E-state index contributed by atoms with van der Waals surface area (Å²) in [6.07, 6.45) is 7.27. The van der Waals surface area contributed by atoms with E-state index in [-0.39, 0.29) is 0 Å². The number of piperidine rings is 2. The van der Waals surface area contributed by atoms with Gasteiger partial charge in [0.2, 0.25) is 0 Å². The van der Waals surface area contributed by atoms with Crippen molar-refractivity contribution in [3.05, 3.63) is 59.9 Å². The SMILES string of the molecule is COc1cccc(CN2CCC3(CC2)CCN(Cc2ccccn2)CC3)c1. The number of ether oxygens (including phenoxy) is 1. The first-order valence-corrected chi connectivity index (χ1v) is 10.2. The minimum Gasteiger partial charge on any atom is -0.497 e. The third-order valence-corrected chi connectivity index (χ3v) is 6.49. The lowest BCUT2D eigenvalue weighted by atomic mass is 9.71. The Balaban J connectivity index is 1.25. The molecular formula is C23H31N3O. The van der Waals surface area contributed by atoms with Gasteiger partial charge in [-0.05, 0) is 87.1 Å². The van der Waals surface area contributed by atoms with Gasteiger partial charge in [-0.2, -0.15) is 0 Å². The lowest BCUT2D eigenvalue weighted by Gasteiger charge is -2.47. The molecule has 0 amide bonds. The second kappa shape index (κ2) is 8.41. The Hall–Kier alpha value is -1.91. The number of pyridine rings is 1. The zero-order valence-electron chi connectivity index (χ0n) is 16.4. The monoisotopic (exact) mass is 365 g/mol. The summed E-state index contributed by atoms with van der Waals surface area (Å²) >= 11 is 0. The summed E-state index contributed by atoms with van der Waals surface area (Å²) in [5.74, 6) is 0.959. The topological polar surface area (TPSA) is 28.6 Å². The van der Waals surface area contributed by atoms with Crippen molar-refractivity contribution in [2.45, 2.75) is 38.8 Å². The Morgan fingerprint density at radius 2 is 1.59 bits per heavy atom. The van der Waals surface area contributed by atoms with Crippen molar-refractivity contribution >= 4 is 0 Å². The van der Waals surface area contributed by atoms with Gasteiger partial charge < -0.3 is 4.74 Å². The van der Waals surface area contributed by atoms with E-state index in [4.69, 9.17) is 4.74 Å². The van der Waals surface area contributed by atoms with E-state index < -0.39 is 0 Å². The van der Waals surface area contributed by atoms with Crippen LogP contribution < -0.4 is 4.74 Å². The smallest absolute Gasteiger partial charge is 0.119 e. The molecule has 27 heavy (non-hydrogen) atoms. The largest absolute Gasteiger partial charge is 0.497 e. The maximum absolute atomic E-state index is 5.36. The van der Waals surface area contributed by atoms with E-state index in [2.05, 4.69) is 45.1 Å². The molecule has 144 valence electrons. The summed E-state index contributed by atoms with van der Waals surface area (Å²) < 4.78 is 5.36. The van der Waals surface area contributed by atoms with E-state index in [0.717, 1.165) is 18.8 Å². The predicted octanol–water partition coefficient (Wildman–Crippen LogP) is 3.97. The van der Waals surface area contributed by atoms with Crippen LogP contribution in [0.2, 0.25) is 0 Å². The lowest BCUT2D eigenvalue weighted by Crippen LogP contribution is -2.46. The second-order valence-corrected chi connectivity index (χ2v) is 8.22. The fourth-order valence-electron chi connectivity index (χ4n) is 4.62. The summed E-state index contributed by atoms with van der Waals surface area (Å²) in [5.41, 5.74) is 3.13. The van der Waals surface area contributed by atoms with Crippen LogP contribution in [0.15, 0.2) is 48.7 Å². The number of benzene rings is 1. The summed E-state index contributed by atoms with van der Waals surface area (Å²) in [6, 6.07) is 14.7. The van der Waals surface area contributed by atoms with Crippen molar-refractivity contribution in [1.82, 2.24) is 14.8 Å². The van der Waals surface area contributed by atoms with Gasteiger partial charge in [0, 0.05) is 19.3 Å². The van der Waals surface area contributed by atoms with Gasteiger partial charge >= 0.3 is 0 Å². The molecule has 3 heterocycles. The zero-order valence-corrected chi connectivity index (χ0v) is 16.4. The van der Waals surface area contributed by atoms with Crippen LogP contribution in [0.1, 0.15) is 36.9 Å². The number of aromatic nitrogens is 1. The van der Waals surface area contributed by atoms with Crippen LogP contribution >= 0.6 is 0 Å². The van der Waals surface area contributed by atoms with Crippen LogP contribution in [0.5, 0.6) is 5.75 Å². The zero-order chi connectivity index (χ0) is 18.5. The van der Waals surface area contributed by atoms with E-state index in [1.54, 1.807) is 7.11 Å². The van der Waals surface area contributed by atoms with Gasteiger partial charge in [-0.3, -0.25) is 14.8 Å². The van der Waals surface area contributed by atoms with E-state index in [1.807, 2.05) is 18.3 Å². The highest BCUT2D eigenvalue weighted by Crippen LogP contribution is 2.41. The highest BCUT2D eigenvalue weighted by atomic mass is 16.5. The van der Waals surface area contributed by atoms with Crippen LogP contribution in [-0.2, 0) is 13.1 Å². The third-order valence-electron chi connectivity index (χ3n) is 6.49. The Labute approximate surface area is 163 Å². The van der Waals surface area contributed by atoms with Crippen LogP contribution in [0.4, 0.5) is 0 Å². The van der Waals surface area contributed by atoms with Gasteiger partial charge in [0.25, 0.3) is 0 Å². The summed E-state index contributed by atoms with van der Waals surface area (Å²) in [6.45, 7) is 6.91. The standard InChI is InChI=1S/C23H31N3O/c1-27-22-7-4-5-20(17-22)18-25-13-8-23(9-14-25)10-15-26(16-11-23)19-21-6-2-3-12-24-21/h2-7,12,17H,8-11,13-16,18-19H2,1H3. The number of methoxy groups -OCH3 is 1. The number of nitrogens with zero attached hydrogens (tertiary/aromatic N) is 3. The first-order chi connectivity index (χ1) is 13.2. The number of hydrogen-bond donors (Lipinski definition) is 0. The fourth-order valence-corrected chi connectivity index (χ4v) is 4.62. The minimum absolute atomic E-state index is 0.575. The molecule has 0 radical (unpaired) electrons. The van der Waals surface area contributed by atoms with Crippen LogP contribution in [0, 0.1) is 5.41 Å². The quantitative estimate of drug-likeness (QED) is 0.802. The molecule has 0 unspecified atom stereocenters. The van der Waals surface area contributed by atoms with Crippen molar-refractivity contribution in [3.8, 4) is 5.75 Å². The maximum Gasteiger partial charge on any atom is 0.119 e. The first kappa shape index (κ1) is 18.5. The van der Waals surface area contributed by atoms with E-state index in [1.165, 1.54) is 63.1 Å².